The molecule has 0 spiro atoms. The van der Waals surface area contributed by atoms with Crippen LogP contribution in [-0.2, 0) is 30.4 Å². The van der Waals surface area contributed by atoms with Crippen LogP contribution in [0.5, 0.6) is 0 Å². The van der Waals surface area contributed by atoms with E-state index in [1.165, 1.54) is 4.68 Å². The number of halogens is 3. The largest absolute Gasteiger partial charge is 0.435 e. The summed E-state index contributed by atoms with van der Waals surface area (Å²) in [6.45, 7) is 4.06. The maximum Gasteiger partial charge on any atom is 0.435 e. The first-order valence-electron chi connectivity index (χ1n) is 9.65. The van der Waals surface area contributed by atoms with E-state index in [-0.39, 0.29) is 24.1 Å². The molecule has 9 heteroatoms. The van der Waals surface area contributed by atoms with Gasteiger partial charge in [-0.25, -0.2) is 0 Å². The fourth-order valence-corrected chi connectivity index (χ4v) is 4.58. The number of aromatic nitrogens is 3. The number of amides is 1. The van der Waals surface area contributed by atoms with E-state index in [4.69, 9.17) is 4.52 Å². The number of nitrogens with zero attached hydrogens (tertiary/aromatic N) is 4. The Bertz CT molecular complexity index is 880. The number of carbonyl (C=O) groups excluding carboxylic acids is 1. The van der Waals surface area contributed by atoms with Gasteiger partial charge in [-0.15, -0.1) is 0 Å². The second kappa shape index (κ2) is 6.93. The van der Waals surface area contributed by atoms with Gasteiger partial charge in [-0.1, -0.05) is 5.16 Å². The summed E-state index contributed by atoms with van der Waals surface area (Å²) in [6, 6.07) is -0.146. The van der Waals surface area contributed by atoms with Crippen molar-refractivity contribution in [3.63, 3.8) is 0 Å². The number of likely N-dealkylation sites (tertiary alicyclic amines) is 1. The molecular weight excluding hydrogens is 373 g/mol. The molecule has 1 aliphatic heterocycles. The first kappa shape index (κ1) is 19.0. The lowest BCUT2D eigenvalue weighted by molar-refractivity contribution is -0.142. The smallest absolute Gasteiger partial charge is 0.361 e. The average molecular weight is 396 g/mol. The van der Waals surface area contributed by atoms with E-state index in [0.717, 1.165) is 36.9 Å². The summed E-state index contributed by atoms with van der Waals surface area (Å²) in [5.41, 5.74) is 1.64. The molecule has 1 amide bonds. The van der Waals surface area contributed by atoms with Gasteiger partial charge in [0.25, 0.3) is 0 Å². The summed E-state index contributed by atoms with van der Waals surface area (Å²) >= 11 is 0. The lowest BCUT2D eigenvalue weighted by Crippen LogP contribution is -2.34. The molecule has 1 fully saturated rings. The number of hydrogen-bond donors (Lipinski definition) is 0. The van der Waals surface area contributed by atoms with Gasteiger partial charge in [0.1, 0.15) is 12.3 Å². The molecule has 3 heterocycles. The minimum absolute atomic E-state index is 0.146. The molecule has 0 saturated carbocycles. The number of hydrogen-bond acceptors (Lipinski definition) is 4. The van der Waals surface area contributed by atoms with Gasteiger partial charge in [-0.3, -0.25) is 9.48 Å². The Morgan fingerprint density at radius 2 is 1.96 bits per heavy atom. The van der Waals surface area contributed by atoms with Gasteiger partial charge in [0, 0.05) is 23.4 Å². The second-order valence-corrected chi connectivity index (χ2v) is 7.62. The maximum absolute atomic E-state index is 13.4. The Balaban J connectivity index is 1.61. The van der Waals surface area contributed by atoms with Crippen molar-refractivity contribution < 1.29 is 22.5 Å². The molecule has 0 N–H and O–H groups in total. The molecular formula is C19H23F3N4O2. The topological polar surface area (TPSA) is 64.2 Å². The second-order valence-electron chi connectivity index (χ2n) is 7.62. The highest BCUT2D eigenvalue weighted by molar-refractivity contribution is 5.77. The Kier molecular flexibility index (Phi) is 4.71. The highest BCUT2D eigenvalue weighted by Gasteiger charge is 2.40. The average Bonchev–Trinajstić information content (AvgIpc) is 3.32. The Morgan fingerprint density at radius 3 is 2.64 bits per heavy atom. The normalized spacial score (nSPS) is 19.9. The van der Waals surface area contributed by atoms with Crippen molar-refractivity contribution in [3.8, 4) is 0 Å². The Morgan fingerprint density at radius 1 is 1.21 bits per heavy atom. The van der Waals surface area contributed by atoms with Gasteiger partial charge in [0.05, 0.1) is 11.7 Å². The van der Waals surface area contributed by atoms with E-state index in [2.05, 4.69) is 10.3 Å². The molecule has 6 nitrogen and oxygen atoms in total. The maximum atomic E-state index is 13.4. The molecule has 28 heavy (non-hydrogen) atoms. The molecule has 0 bridgehead atoms. The van der Waals surface area contributed by atoms with Gasteiger partial charge in [-0.05, 0) is 52.4 Å². The molecule has 0 unspecified atom stereocenters. The van der Waals surface area contributed by atoms with Gasteiger partial charge in [0.2, 0.25) is 5.91 Å². The van der Waals surface area contributed by atoms with Crippen LogP contribution in [0.3, 0.4) is 0 Å². The molecule has 1 atom stereocenters. The van der Waals surface area contributed by atoms with Crippen molar-refractivity contribution in [2.24, 2.45) is 0 Å². The fourth-order valence-electron chi connectivity index (χ4n) is 4.58. The van der Waals surface area contributed by atoms with Gasteiger partial charge in [-0.2, -0.15) is 18.3 Å². The molecule has 1 aliphatic carbocycles. The summed E-state index contributed by atoms with van der Waals surface area (Å²) in [4.78, 5) is 14.8. The van der Waals surface area contributed by atoms with Crippen LogP contribution in [0.1, 0.15) is 65.7 Å². The summed E-state index contributed by atoms with van der Waals surface area (Å²) in [6.07, 6.45) is -0.442. The molecule has 2 aromatic rings. The third kappa shape index (κ3) is 3.20. The SMILES string of the molecule is Cc1noc(C)c1[C@@H]1CCCN1C(=O)Cn1nc(C(F)(F)F)c2c1CCCC2. The zero-order valence-electron chi connectivity index (χ0n) is 16.0. The van der Waals surface area contributed by atoms with Gasteiger partial charge >= 0.3 is 6.18 Å². The number of rotatable bonds is 3. The molecule has 0 radical (unpaired) electrons. The zero-order valence-corrected chi connectivity index (χ0v) is 16.0. The molecule has 4 rings (SSSR count). The van der Waals surface area contributed by atoms with Crippen LogP contribution in [0.15, 0.2) is 4.52 Å². The first-order chi connectivity index (χ1) is 13.3. The van der Waals surface area contributed by atoms with Crippen LogP contribution in [0, 0.1) is 13.8 Å². The quantitative estimate of drug-likeness (QED) is 0.793. The third-order valence-electron chi connectivity index (χ3n) is 5.81. The number of fused-ring (bicyclic) bond motifs is 1. The summed E-state index contributed by atoms with van der Waals surface area (Å²) < 4.78 is 46.6. The van der Waals surface area contributed by atoms with Crippen molar-refractivity contribution in [2.75, 3.05) is 6.54 Å². The van der Waals surface area contributed by atoms with Crippen molar-refractivity contribution >= 4 is 5.91 Å². The lowest BCUT2D eigenvalue weighted by Gasteiger charge is -2.25. The van der Waals surface area contributed by atoms with Crippen LogP contribution < -0.4 is 0 Å². The minimum Gasteiger partial charge on any atom is -0.361 e. The van der Waals surface area contributed by atoms with Crippen molar-refractivity contribution in [2.45, 2.75) is 71.1 Å². The number of alkyl halides is 3. The Hall–Kier alpha value is -2.32. The van der Waals surface area contributed by atoms with Crippen LogP contribution in [0.4, 0.5) is 13.2 Å². The van der Waals surface area contributed by atoms with E-state index in [0.29, 0.717) is 30.8 Å². The molecule has 152 valence electrons. The van der Waals surface area contributed by atoms with Crippen LogP contribution in [0.2, 0.25) is 0 Å². The lowest BCUT2D eigenvalue weighted by atomic mass is 9.95. The molecule has 2 aromatic heterocycles. The van der Waals surface area contributed by atoms with Gasteiger partial charge < -0.3 is 9.42 Å². The highest BCUT2D eigenvalue weighted by atomic mass is 19.4. The van der Waals surface area contributed by atoms with E-state index in [9.17, 15) is 18.0 Å². The molecule has 2 aliphatic rings. The summed E-state index contributed by atoms with van der Waals surface area (Å²) in [5.74, 6) is 0.463. The summed E-state index contributed by atoms with van der Waals surface area (Å²) in [7, 11) is 0. The fraction of sp³-hybridized carbons (Fsp3) is 0.632. The van der Waals surface area contributed by atoms with Crippen molar-refractivity contribution in [1.29, 1.82) is 0 Å². The van der Waals surface area contributed by atoms with Crippen molar-refractivity contribution in [3.05, 3.63) is 34.0 Å². The highest BCUT2D eigenvalue weighted by Crippen LogP contribution is 2.37. The van der Waals surface area contributed by atoms with E-state index in [1.54, 1.807) is 4.90 Å². The van der Waals surface area contributed by atoms with Crippen LogP contribution >= 0.6 is 0 Å². The molecule has 1 saturated heterocycles. The predicted octanol–water partition coefficient (Wildman–Crippen LogP) is 3.75. The third-order valence-corrected chi connectivity index (χ3v) is 5.81. The monoisotopic (exact) mass is 396 g/mol. The van der Waals surface area contributed by atoms with E-state index in [1.807, 2.05) is 13.8 Å². The number of aryl methyl sites for hydroxylation is 2. The summed E-state index contributed by atoms with van der Waals surface area (Å²) in [5, 5.41) is 7.78. The van der Waals surface area contributed by atoms with E-state index >= 15 is 0 Å². The minimum atomic E-state index is -4.50. The molecule has 0 aromatic carbocycles. The standard InChI is InChI=1S/C19H23F3N4O2/c1-11-17(12(2)28-24-11)15-8-5-9-25(15)16(27)10-26-14-7-4-3-6-13(14)18(23-26)19(20,21)22/h15H,3-10H2,1-2H3/t15-/m0/s1. The predicted molar refractivity (Wildman–Crippen MR) is 93.5 cm³/mol. The zero-order chi connectivity index (χ0) is 20.1. The first-order valence-corrected chi connectivity index (χ1v) is 9.65. The number of carbonyl (C=O) groups is 1. The van der Waals surface area contributed by atoms with Crippen LogP contribution in [0.25, 0.3) is 0 Å². The van der Waals surface area contributed by atoms with Gasteiger partial charge in [0.15, 0.2) is 5.69 Å². The van der Waals surface area contributed by atoms with Crippen LogP contribution in [-0.4, -0.2) is 32.3 Å². The van der Waals surface area contributed by atoms with E-state index < -0.39 is 11.9 Å². The Labute approximate surface area is 160 Å². The van der Waals surface area contributed by atoms with Crippen molar-refractivity contribution in [1.82, 2.24) is 19.8 Å².